The molecular formula is C17H15ClN2O2S. The van der Waals surface area contributed by atoms with Crippen LogP contribution >= 0.6 is 22.9 Å². The summed E-state index contributed by atoms with van der Waals surface area (Å²) in [6.45, 7) is 1.86. The smallest absolute Gasteiger partial charge is 0.220 e. The fraction of sp³-hybridized carbons (Fsp3) is 0.235. The molecule has 1 unspecified atom stereocenters. The van der Waals surface area contributed by atoms with E-state index in [-0.39, 0.29) is 30.6 Å². The van der Waals surface area contributed by atoms with Crippen molar-refractivity contribution in [3.8, 4) is 6.07 Å². The van der Waals surface area contributed by atoms with Crippen LogP contribution in [-0.2, 0) is 4.79 Å². The maximum atomic E-state index is 12.0. The van der Waals surface area contributed by atoms with Crippen LogP contribution in [0.15, 0.2) is 36.4 Å². The van der Waals surface area contributed by atoms with Crippen molar-refractivity contribution in [1.29, 1.82) is 5.26 Å². The van der Waals surface area contributed by atoms with Crippen molar-refractivity contribution < 1.29 is 9.59 Å². The van der Waals surface area contributed by atoms with E-state index in [1.54, 1.807) is 24.3 Å². The number of hydrogen-bond acceptors (Lipinski definition) is 4. The van der Waals surface area contributed by atoms with E-state index in [4.69, 9.17) is 16.9 Å². The fourth-order valence-corrected chi connectivity index (χ4v) is 3.07. The molecule has 1 aromatic heterocycles. The number of nitrogens with zero attached hydrogens (tertiary/aromatic N) is 1. The molecule has 1 N–H and O–H groups in total. The minimum atomic E-state index is -0.183. The Morgan fingerprint density at radius 1 is 1.22 bits per heavy atom. The minimum absolute atomic E-state index is 0.0805. The molecule has 118 valence electrons. The molecule has 0 radical (unpaired) electrons. The van der Waals surface area contributed by atoms with Crippen molar-refractivity contribution in [3.63, 3.8) is 0 Å². The van der Waals surface area contributed by atoms with E-state index in [1.807, 2.05) is 19.1 Å². The Kier molecular flexibility index (Phi) is 5.91. The number of halogens is 1. The normalized spacial score (nSPS) is 11.5. The molecule has 0 saturated carbocycles. The van der Waals surface area contributed by atoms with E-state index >= 15 is 0 Å². The van der Waals surface area contributed by atoms with Crippen LogP contribution in [0.3, 0.4) is 0 Å². The molecule has 2 rings (SSSR count). The first-order valence-electron chi connectivity index (χ1n) is 7.07. The summed E-state index contributed by atoms with van der Waals surface area (Å²) >= 11 is 7.01. The summed E-state index contributed by atoms with van der Waals surface area (Å²) < 4.78 is 0.562. The third kappa shape index (κ3) is 4.92. The average molecular weight is 347 g/mol. The lowest BCUT2D eigenvalue weighted by atomic mass is 10.1. The number of carbonyl (C=O) groups is 2. The van der Waals surface area contributed by atoms with Gasteiger partial charge in [-0.2, -0.15) is 5.26 Å². The summed E-state index contributed by atoms with van der Waals surface area (Å²) in [4.78, 5) is 24.5. The van der Waals surface area contributed by atoms with Gasteiger partial charge < -0.3 is 5.32 Å². The first-order chi connectivity index (χ1) is 11.0. The van der Waals surface area contributed by atoms with E-state index < -0.39 is 0 Å². The molecule has 0 spiro atoms. The largest absolute Gasteiger partial charge is 0.350 e. The maximum Gasteiger partial charge on any atom is 0.220 e. The Morgan fingerprint density at radius 3 is 2.48 bits per heavy atom. The summed E-state index contributed by atoms with van der Waals surface area (Å²) in [7, 11) is 0. The second-order valence-electron chi connectivity index (χ2n) is 5.05. The number of hydrogen-bond donors (Lipinski definition) is 1. The van der Waals surface area contributed by atoms with E-state index in [0.29, 0.717) is 14.8 Å². The van der Waals surface area contributed by atoms with E-state index in [9.17, 15) is 9.59 Å². The molecule has 0 bridgehead atoms. The van der Waals surface area contributed by atoms with Crippen LogP contribution in [-0.4, -0.2) is 11.7 Å². The molecule has 1 amide bonds. The van der Waals surface area contributed by atoms with Crippen LogP contribution in [0.4, 0.5) is 0 Å². The molecule has 0 aliphatic rings. The van der Waals surface area contributed by atoms with Gasteiger partial charge in [-0.05, 0) is 36.8 Å². The van der Waals surface area contributed by atoms with Crippen LogP contribution in [0.5, 0.6) is 0 Å². The molecule has 0 saturated heterocycles. The maximum absolute atomic E-state index is 12.0. The molecule has 23 heavy (non-hydrogen) atoms. The number of ketones is 1. The van der Waals surface area contributed by atoms with Gasteiger partial charge in [0.25, 0.3) is 0 Å². The molecule has 4 nitrogen and oxygen atoms in total. The van der Waals surface area contributed by atoms with Gasteiger partial charge >= 0.3 is 0 Å². The number of amides is 1. The molecule has 0 fully saturated rings. The number of Topliss-reactive ketones (excluding diaryl/α,β-unsaturated/α-hetero) is 1. The van der Waals surface area contributed by atoms with Crippen molar-refractivity contribution in [2.75, 3.05) is 0 Å². The molecule has 0 aliphatic heterocycles. The predicted octanol–water partition coefficient (Wildman–Crippen LogP) is 4.11. The zero-order chi connectivity index (χ0) is 16.8. The van der Waals surface area contributed by atoms with E-state index in [0.717, 1.165) is 5.56 Å². The zero-order valence-electron chi connectivity index (χ0n) is 12.5. The molecule has 1 heterocycles. The fourth-order valence-electron chi connectivity index (χ4n) is 2.06. The third-order valence-corrected chi connectivity index (χ3v) is 4.62. The quantitative estimate of drug-likeness (QED) is 0.800. The summed E-state index contributed by atoms with van der Waals surface area (Å²) in [6.07, 6.45) is 0.289. The lowest BCUT2D eigenvalue weighted by Crippen LogP contribution is -2.26. The topological polar surface area (TPSA) is 70.0 Å². The number of benzene rings is 1. The second kappa shape index (κ2) is 7.91. The number of thiophene rings is 1. The lowest BCUT2D eigenvalue weighted by Gasteiger charge is -2.14. The SMILES string of the molecule is CC(NC(=O)CCC(=O)c1ccc(Cl)s1)c1ccc(C#N)cc1. The molecule has 0 aliphatic carbocycles. The van der Waals surface area contributed by atoms with Gasteiger partial charge in [0.05, 0.1) is 26.9 Å². The van der Waals surface area contributed by atoms with Crippen molar-refractivity contribution in [3.05, 3.63) is 56.7 Å². The molecular weight excluding hydrogens is 332 g/mol. The van der Waals surface area contributed by atoms with Gasteiger partial charge in [0.15, 0.2) is 5.78 Å². The first-order valence-corrected chi connectivity index (χ1v) is 8.27. The van der Waals surface area contributed by atoms with Crippen LogP contribution in [0.2, 0.25) is 4.34 Å². The van der Waals surface area contributed by atoms with Crippen molar-refractivity contribution in [1.82, 2.24) is 5.32 Å². The first kappa shape index (κ1) is 17.2. The van der Waals surface area contributed by atoms with Crippen molar-refractivity contribution >= 4 is 34.6 Å². The number of carbonyl (C=O) groups excluding carboxylic acids is 2. The Morgan fingerprint density at radius 2 is 1.91 bits per heavy atom. The van der Waals surface area contributed by atoms with Crippen LogP contribution in [0, 0.1) is 11.3 Å². The summed E-state index contributed by atoms with van der Waals surface area (Å²) in [5, 5.41) is 11.6. The Hall–Kier alpha value is -2.16. The Labute approximate surface area is 143 Å². The van der Waals surface area contributed by atoms with Gasteiger partial charge in [-0.1, -0.05) is 23.7 Å². The van der Waals surface area contributed by atoms with Crippen molar-refractivity contribution in [2.45, 2.75) is 25.8 Å². The van der Waals surface area contributed by atoms with Crippen LogP contribution < -0.4 is 5.32 Å². The molecule has 1 atom stereocenters. The standard InChI is InChI=1S/C17H15ClN2O2S/c1-11(13-4-2-12(10-19)3-5-13)20-17(22)9-6-14(21)15-7-8-16(18)23-15/h2-5,7-8,11H,6,9H2,1H3,(H,20,22). The molecule has 1 aromatic carbocycles. The van der Waals surface area contributed by atoms with Gasteiger partial charge in [0.2, 0.25) is 5.91 Å². The summed E-state index contributed by atoms with van der Waals surface area (Å²) in [5.41, 5.74) is 1.49. The Balaban J connectivity index is 1.84. The molecule has 2 aromatic rings. The highest BCUT2D eigenvalue weighted by atomic mass is 35.5. The summed E-state index contributed by atoms with van der Waals surface area (Å²) in [5.74, 6) is -0.263. The Bertz CT molecular complexity index is 747. The van der Waals surface area contributed by atoms with Gasteiger partial charge in [-0.3, -0.25) is 9.59 Å². The number of rotatable bonds is 6. The lowest BCUT2D eigenvalue weighted by molar-refractivity contribution is -0.121. The number of nitriles is 1. The van der Waals surface area contributed by atoms with Crippen molar-refractivity contribution in [2.24, 2.45) is 0 Å². The van der Waals surface area contributed by atoms with Gasteiger partial charge in [0.1, 0.15) is 0 Å². The third-order valence-electron chi connectivity index (χ3n) is 3.34. The zero-order valence-corrected chi connectivity index (χ0v) is 14.1. The monoisotopic (exact) mass is 346 g/mol. The molecule has 6 heteroatoms. The van der Waals surface area contributed by atoms with E-state index in [1.165, 1.54) is 11.3 Å². The second-order valence-corrected chi connectivity index (χ2v) is 6.77. The number of nitrogens with one attached hydrogen (secondary N) is 1. The van der Waals surface area contributed by atoms with E-state index in [2.05, 4.69) is 11.4 Å². The summed E-state index contributed by atoms with van der Waals surface area (Å²) in [6, 6.07) is 12.3. The highest BCUT2D eigenvalue weighted by Gasteiger charge is 2.13. The minimum Gasteiger partial charge on any atom is -0.350 e. The van der Waals surface area contributed by atoms with Crippen LogP contribution in [0.1, 0.15) is 46.6 Å². The van der Waals surface area contributed by atoms with Gasteiger partial charge in [-0.25, -0.2) is 0 Å². The average Bonchev–Trinajstić information content (AvgIpc) is 2.99. The van der Waals surface area contributed by atoms with Crippen LogP contribution in [0.25, 0.3) is 0 Å². The highest BCUT2D eigenvalue weighted by molar-refractivity contribution is 7.18. The van der Waals surface area contributed by atoms with Gasteiger partial charge in [0, 0.05) is 12.8 Å². The highest BCUT2D eigenvalue weighted by Crippen LogP contribution is 2.23. The van der Waals surface area contributed by atoms with Gasteiger partial charge in [-0.15, -0.1) is 11.3 Å². The predicted molar refractivity (Wildman–Crippen MR) is 90.6 cm³/mol.